The molecule has 3 unspecified atom stereocenters. The summed E-state index contributed by atoms with van der Waals surface area (Å²) in [6, 6.07) is 27.7. The molecule has 2 aromatic heterocycles. The van der Waals surface area contributed by atoms with Crippen LogP contribution in [-0.4, -0.2) is 16.1 Å². The standard InChI is InChI=1S/C48H54N4O/c1-8-11-15-32-18-20-36-37-27-34(24-30(4)5)42(38(25-31(6)7)43(37)53-41(36)26-32)33-19-21-39-40(28-33)52-45-44(49-22-23-50-45)51(35-16-13-12-14-17-35)46(52)48(10-3)29-47(39,48)9-2/h12-14,16-23,26-28,30-31,46H,8-11,15,24-25,29H2,1-7H3. The number of rotatable bonds is 11. The second-order valence-electron chi connectivity index (χ2n) is 17.0. The summed E-state index contributed by atoms with van der Waals surface area (Å²) in [6.45, 7) is 16.4. The van der Waals surface area contributed by atoms with E-state index in [1.165, 1.54) is 74.8 Å². The molecule has 0 saturated heterocycles. The van der Waals surface area contributed by atoms with Crippen molar-refractivity contribution in [1.29, 1.82) is 0 Å². The van der Waals surface area contributed by atoms with Gasteiger partial charge in [-0.2, -0.15) is 0 Å². The van der Waals surface area contributed by atoms with Crippen LogP contribution in [0.4, 0.5) is 23.0 Å². The maximum Gasteiger partial charge on any atom is 0.178 e. The summed E-state index contributed by atoms with van der Waals surface area (Å²) in [5.41, 5.74) is 13.0. The third-order valence-corrected chi connectivity index (χ3v) is 12.9. The van der Waals surface area contributed by atoms with E-state index in [-0.39, 0.29) is 17.0 Å². The van der Waals surface area contributed by atoms with Crippen LogP contribution in [0.1, 0.15) is 103 Å². The fourth-order valence-corrected chi connectivity index (χ4v) is 10.6. The molecule has 4 aromatic carbocycles. The summed E-state index contributed by atoms with van der Waals surface area (Å²) >= 11 is 0. The van der Waals surface area contributed by atoms with Gasteiger partial charge >= 0.3 is 0 Å². The van der Waals surface area contributed by atoms with Crippen LogP contribution in [0, 0.1) is 17.3 Å². The van der Waals surface area contributed by atoms with Crippen molar-refractivity contribution in [3.63, 3.8) is 0 Å². The van der Waals surface area contributed by atoms with Crippen molar-refractivity contribution in [2.75, 3.05) is 9.80 Å². The molecule has 5 nitrogen and oxygen atoms in total. The summed E-state index contributed by atoms with van der Waals surface area (Å²) in [5.74, 6) is 2.90. The Hall–Kier alpha value is -4.64. The summed E-state index contributed by atoms with van der Waals surface area (Å²) < 4.78 is 6.97. The van der Waals surface area contributed by atoms with Crippen LogP contribution in [-0.2, 0) is 24.7 Å². The average molecular weight is 703 g/mol. The molecule has 4 heterocycles. The van der Waals surface area contributed by atoms with Crippen molar-refractivity contribution >= 4 is 44.9 Å². The van der Waals surface area contributed by atoms with Crippen LogP contribution in [0.2, 0.25) is 0 Å². The zero-order valence-corrected chi connectivity index (χ0v) is 32.7. The van der Waals surface area contributed by atoms with E-state index >= 15 is 0 Å². The first-order chi connectivity index (χ1) is 25.7. The molecule has 272 valence electrons. The number of benzene rings is 4. The van der Waals surface area contributed by atoms with Crippen LogP contribution in [0.3, 0.4) is 0 Å². The third kappa shape index (κ3) is 5.02. The van der Waals surface area contributed by atoms with Gasteiger partial charge in [0.15, 0.2) is 11.6 Å². The Bertz CT molecular complexity index is 2340. The van der Waals surface area contributed by atoms with E-state index in [1.807, 2.05) is 12.4 Å². The van der Waals surface area contributed by atoms with Gasteiger partial charge in [0.2, 0.25) is 0 Å². The van der Waals surface area contributed by atoms with Crippen molar-refractivity contribution in [3.05, 3.63) is 107 Å². The van der Waals surface area contributed by atoms with Gasteiger partial charge in [-0.3, -0.25) is 0 Å². The minimum Gasteiger partial charge on any atom is -0.456 e. The number of para-hydroxylation sites is 1. The van der Waals surface area contributed by atoms with Gasteiger partial charge in [0.1, 0.15) is 17.3 Å². The van der Waals surface area contributed by atoms with Crippen molar-refractivity contribution in [3.8, 4) is 11.1 Å². The van der Waals surface area contributed by atoms with Crippen molar-refractivity contribution in [2.24, 2.45) is 17.3 Å². The molecular formula is C48H54N4O. The highest BCUT2D eigenvalue weighted by atomic mass is 16.3. The number of nitrogens with zero attached hydrogens (tertiary/aromatic N) is 4. The van der Waals surface area contributed by atoms with Gasteiger partial charge in [-0.05, 0) is 115 Å². The lowest BCUT2D eigenvalue weighted by Gasteiger charge is -2.46. The summed E-state index contributed by atoms with van der Waals surface area (Å²) in [6.07, 6.45) is 12.6. The number of hydrogen-bond acceptors (Lipinski definition) is 5. The lowest BCUT2D eigenvalue weighted by Crippen LogP contribution is -2.51. The average Bonchev–Trinajstić information content (AvgIpc) is 3.55. The highest BCUT2D eigenvalue weighted by molar-refractivity contribution is 6.08. The van der Waals surface area contributed by atoms with Gasteiger partial charge in [-0.15, -0.1) is 0 Å². The molecule has 3 aliphatic rings. The Kier molecular flexibility index (Phi) is 8.21. The lowest BCUT2D eigenvalue weighted by atomic mass is 9.75. The molecule has 0 N–H and O–H groups in total. The number of fused-ring (bicyclic) bond motifs is 11. The zero-order valence-electron chi connectivity index (χ0n) is 32.7. The summed E-state index contributed by atoms with van der Waals surface area (Å²) in [7, 11) is 0. The monoisotopic (exact) mass is 702 g/mol. The van der Waals surface area contributed by atoms with E-state index in [0.717, 1.165) is 54.9 Å². The normalized spacial score (nSPS) is 21.4. The van der Waals surface area contributed by atoms with Crippen LogP contribution in [0.25, 0.3) is 33.1 Å². The van der Waals surface area contributed by atoms with Crippen LogP contribution < -0.4 is 9.80 Å². The number of aromatic nitrogens is 2. The van der Waals surface area contributed by atoms with E-state index in [0.29, 0.717) is 11.8 Å². The Morgan fingerprint density at radius 2 is 1.55 bits per heavy atom. The van der Waals surface area contributed by atoms with Crippen LogP contribution in [0.15, 0.2) is 89.6 Å². The Labute approximate surface area is 315 Å². The summed E-state index contributed by atoms with van der Waals surface area (Å²) in [4.78, 5) is 15.2. The molecule has 6 aromatic rings. The first-order valence-electron chi connectivity index (χ1n) is 20.3. The Balaban J connectivity index is 1.30. The van der Waals surface area contributed by atoms with E-state index in [1.54, 1.807) is 0 Å². The molecule has 3 atom stereocenters. The number of furan rings is 1. The highest BCUT2D eigenvalue weighted by Gasteiger charge is 2.76. The maximum absolute atomic E-state index is 6.97. The minimum absolute atomic E-state index is 0.0866. The fraction of sp³-hybridized carbons (Fsp3) is 0.417. The molecule has 0 amide bonds. The molecule has 1 aliphatic carbocycles. The topological polar surface area (TPSA) is 45.4 Å². The van der Waals surface area contributed by atoms with Gasteiger partial charge in [-0.25, -0.2) is 9.97 Å². The van der Waals surface area contributed by atoms with Gasteiger partial charge in [0.05, 0.1) is 0 Å². The molecular weight excluding hydrogens is 649 g/mol. The summed E-state index contributed by atoms with van der Waals surface area (Å²) in [5, 5.41) is 2.49. The molecule has 0 bridgehead atoms. The number of hydrogen-bond donors (Lipinski definition) is 0. The molecule has 53 heavy (non-hydrogen) atoms. The third-order valence-electron chi connectivity index (χ3n) is 12.9. The van der Waals surface area contributed by atoms with E-state index in [4.69, 9.17) is 14.4 Å². The molecule has 0 spiro atoms. The first-order valence-corrected chi connectivity index (χ1v) is 20.3. The lowest BCUT2D eigenvalue weighted by molar-refractivity contribution is 0.311. The van der Waals surface area contributed by atoms with Gasteiger partial charge in [-0.1, -0.05) is 97.4 Å². The zero-order chi connectivity index (χ0) is 36.6. The van der Waals surface area contributed by atoms with E-state index < -0.39 is 0 Å². The van der Waals surface area contributed by atoms with Crippen molar-refractivity contribution < 1.29 is 4.42 Å². The molecule has 2 aliphatic heterocycles. The first kappa shape index (κ1) is 34.1. The molecule has 1 fully saturated rings. The molecule has 0 radical (unpaired) electrons. The van der Waals surface area contributed by atoms with Gasteiger partial charge in [0, 0.05) is 50.9 Å². The predicted octanol–water partition coefficient (Wildman–Crippen LogP) is 12.9. The van der Waals surface area contributed by atoms with Crippen LogP contribution in [0.5, 0.6) is 0 Å². The highest BCUT2D eigenvalue weighted by Crippen LogP contribution is 2.77. The minimum atomic E-state index is 0.0866. The SMILES string of the molecule is CCCCc1ccc2c(c1)oc1c(CC(C)C)c(-c3ccc4c(c3)N3c5nccnc5N(c5ccccc5)C3C3(CC)CC43CC)c(CC(C)C)cc12. The molecule has 5 heteroatoms. The van der Waals surface area contributed by atoms with Crippen molar-refractivity contribution in [2.45, 2.75) is 111 Å². The predicted molar refractivity (Wildman–Crippen MR) is 221 cm³/mol. The second-order valence-corrected chi connectivity index (χ2v) is 17.0. The number of aryl methyl sites for hydroxylation is 1. The fourth-order valence-electron chi connectivity index (χ4n) is 10.6. The smallest absolute Gasteiger partial charge is 0.178 e. The number of anilines is 4. The largest absolute Gasteiger partial charge is 0.456 e. The Morgan fingerprint density at radius 3 is 2.25 bits per heavy atom. The van der Waals surface area contributed by atoms with Crippen LogP contribution >= 0.6 is 0 Å². The quantitative estimate of drug-likeness (QED) is 0.134. The Morgan fingerprint density at radius 1 is 0.792 bits per heavy atom. The number of unbranched alkanes of at least 4 members (excludes halogenated alkanes) is 1. The molecule has 9 rings (SSSR count). The van der Waals surface area contributed by atoms with E-state index in [2.05, 4.69) is 131 Å². The maximum atomic E-state index is 6.97. The van der Waals surface area contributed by atoms with Crippen molar-refractivity contribution in [1.82, 2.24) is 9.97 Å². The molecule has 1 saturated carbocycles. The second kappa shape index (κ2) is 12.7. The van der Waals surface area contributed by atoms with E-state index in [9.17, 15) is 0 Å². The van der Waals surface area contributed by atoms with Gasteiger partial charge < -0.3 is 14.2 Å². The van der Waals surface area contributed by atoms with Gasteiger partial charge in [0.25, 0.3) is 0 Å².